The predicted octanol–water partition coefficient (Wildman–Crippen LogP) is 3.10. The summed E-state index contributed by atoms with van der Waals surface area (Å²) in [5.74, 6) is 3.79. The first-order chi connectivity index (χ1) is 8.16. The van der Waals surface area contributed by atoms with E-state index in [1.54, 1.807) is 0 Å². The molecule has 0 spiro atoms. The van der Waals surface area contributed by atoms with Crippen molar-refractivity contribution in [1.82, 2.24) is 9.97 Å². The highest BCUT2D eigenvalue weighted by Crippen LogP contribution is 2.18. The lowest BCUT2D eigenvalue weighted by atomic mass is 10.1. The maximum atomic E-state index is 5.40. The molecule has 2 rings (SSSR count). The minimum Gasteiger partial charge on any atom is -0.376 e. The molecule has 0 unspecified atom stereocenters. The number of H-pyrrole nitrogens is 1. The molecule has 0 bridgehead atoms. The zero-order valence-electron chi connectivity index (χ0n) is 10.3. The molecule has 0 aromatic carbocycles. The third-order valence-electron chi connectivity index (χ3n) is 2.59. The molecule has 1 aromatic rings. The Morgan fingerprint density at radius 3 is 3.12 bits per heavy atom. The SMILES string of the molecule is CC(C)CSCc1nc(=S)c2c([nH]1)CCOC2. The van der Waals surface area contributed by atoms with Crippen molar-refractivity contribution < 1.29 is 4.74 Å². The Balaban J connectivity index is 2.09. The second kappa shape index (κ2) is 5.98. The van der Waals surface area contributed by atoms with E-state index >= 15 is 0 Å². The highest BCUT2D eigenvalue weighted by Gasteiger charge is 2.13. The van der Waals surface area contributed by atoms with Crippen LogP contribution in [0.25, 0.3) is 0 Å². The van der Waals surface area contributed by atoms with Crippen LogP contribution in [0.3, 0.4) is 0 Å². The van der Waals surface area contributed by atoms with Gasteiger partial charge in [-0.3, -0.25) is 0 Å². The van der Waals surface area contributed by atoms with Crippen LogP contribution in [0.1, 0.15) is 30.9 Å². The van der Waals surface area contributed by atoms with Crippen molar-refractivity contribution in [3.63, 3.8) is 0 Å². The molecule has 5 heteroatoms. The first-order valence-electron chi connectivity index (χ1n) is 5.93. The van der Waals surface area contributed by atoms with Gasteiger partial charge in [0.2, 0.25) is 0 Å². The van der Waals surface area contributed by atoms with Gasteiger partial charge in [-0.05, 0) is 11.7 Å². The van der Waals surface area contributed by atoms with Crippen molar-refractivity contribution >= 4 is 24.0 Å². The molecule has 0 fully saturated rings. The van der Waals surface area contributed by atoms with Crippen LogP contribution in [0.15, 0.2) is 0 Å². The molecular weight excluding hydrogens is 252 g/mol. The van der Waals surface area contributed by atoms with Gasteiger partial charge in [0.25, 0.3) is 0 Å². The molecule has 17 heavy (non-hydrogen) atoms. The number of rotatable bonds is 4. The van der Waals surface area contributed by atoms with E-state index in [1.165, 1.54) is 5.69 Å². The number of fused-ring (bicyclic) bond motifs is 1. The van der Waals surface area contributed by atoms with Gasteiger partial charge in [0.15, 0.2) is 0 Å². The Morgan fingerprint density at radius 2 is 2.35 bits per heavy atom. The van der Waals surface area contributed by atoms with E-state index in [-0.39, 0.29) is 0 Å². The Labute approximate surface area is 111 Å². The molecule has 0 radical (unpaired) electrons. The van der Waals surface area contributed by atoms with E-state index in [0.29, 0.717) is 17.2 Å². The molecule has 1 aromatic heterocycles. The fourth-order valence-corrected chi connectivity index (χ4v) is 2.98. The Hall–Kier alpha value is -0.390. The number of thioether (sulfide) groups is 1. The van der Waals surface area contributed by atoms with Crippen LogP contribution >= 0.6 is 24.0 Å². The number of hydrogen-bond donors (Lipinski definition) is 1. The van der Waals surface area contributed by atoms with Gasteiger partial charge in [-0.2, -0.15) is 11.8 Å². The van der Waals surface area contributed by atoms with Gasteiger partial charge in [-0.25, -0.2) is 4.98 Å². The van der Waals surface area contributed by atoms with Crippen LogP contribution in [-0.2, 0) is 23.5 Å². The van der Waals surface area contributed by atoms with Crippen LogP contribution in [0.2, 0.25) is 0 Å². The van der Waals surface area contributed by atoms with Crippen molar-refractivity contribution in [3.8, 4) is 0 Å². The fourth-order valence-electron chi connectivity index (χ4n) is 1.77. The average Bonchev–Trinajstić information content (AvgIpc) is 2.28. The zero-order chi connectivity index (χ0) is 12.3. The van der Waals surface area contributed by atoms with E-state index in [1.807, 2.05) is 11.8 Å². The van der Waals surface area contributed by atoms with E-state index in [2.05, 4.69) is 23.8 Å². The summed E-state index contributed by atoms with van der Waals surface area (Å²) in [6.07, 6.45) is 0.920. The first kappa shape index (κ1) is 13.1. The van der Waals surface area contributed by atoms with Gasteiger partial charge < -0.3 is 9.72 Å². The van der Waals surface area contributed by atoms with Crippen molar-refractivity contribution in [2.75, 3.05) is 12.4 Å². The van der Waals surface area contributed by atoms with E-state index < -0.39 is 0 Å². The molecular formula is C12H18N2OS2. The quantitative estimate of drug-likeness (QED) is 0.853. The van der Waals surface area contributed by atoms with Gasteiger partial charge in [0, 0.05) is 17.7 Å². The van der Waals surface area contributed by atoms with Gasteiger partial charge in [-0.15, -0.1) is 0 Å². The third-order valence-corrected chi connectivity index (χ3v) is 4.30. The number of ether oxygens (including phenoxy) is 1. The summed E-state index contributed by atoms with van der Waals surface area (Å²) in [6.45, 7) is 5.84. The highest BCUT2D eigenvalue weighted by molar-refractivity contribution is 7.98. The maximum absolute atomic E-state index is 5.40. The van der Waals surface area contributed by atoms with E-state index in [9.17, 15) is 0 Å². The molecule has 1 aliphatic heterocycles. The lowest BCUT2D eigenvalue weighted by Gasteiger charge is -2.17. The number of hydrogen-bond acceptors (Lipinski definition) is 4. The van der Waals surface area contributed by atoms with Crippen molar-refractivity contribution in [1.29, 1.82) is 0 Å². The summed E-state index contributed by atoms with van der Waals surface area (Å²) in [7, 11) is 0. The summed E-state index contributed by atoms with van der Waals surface area (Å²) >= 11 is 7.21. The molecule has 0 saturated carbocycles. The van der Waals surface area contributed by atoms with Gasteiger partial charge >= 0.3 is 0 Å². The molecule has 3 nitrogen and oxygen atoms in total. The van der Waals surface area contributed by atoms with Crippen LogP contribution in [-0.4, -0.2) is 22.3 Å². The smallest absolute Gasteiger partial charge is 0.135 e. The van der Waals surface area contributed by atoms with Crippen LogP contribution in [0.5, 0.6) is 0 Å². The van der Waals surface area contributed by atoms with Gasteiger partial charge in [0.05, 0.1) is 19.0 Å². The molecule has 0 atom stereocenters. The Kier molecular flexibility index (Phi) is 4.59. The lowest BCUT2D eigenvalue weighted by molar-refractivity contribution is 0.108. The van der Waals surface area contributed by atoms with Gasteiger partial charge in [0.1, 0.15) is 10.5 Å². The average molecular weight is 270 g/mol. The zero-order valence-corrected chi connectivity index (χ0v) is 11.9. The van der Waals surface area contributed by atoms with Crippen molar-refractivity contribution in [2.24, 2.45) is 5.92 Å². The molecule has 0 aliphatic carbocycles. The Bertz CT molecular complexity index is 443. The maximum Gasteiger partial charge on any atom is 0.135 e. The second-order valence-corrected chi connectivity index (χ2v) is 6.07. The normalized spacial score (nSPS) is 15.0. The number of nitrogens with one attached hydrogen (secondary N) is 1. The summed E-state index contributed by atoms with van der Waals surface area (Å²) < 4.78 is 6.10. The number of nitrogens with zero attached hydrogens (tertiary/aromatic N) is 1. The minimum absolute atomic E-state index is 0.608. The summed E-state index contributed by atoms with van der Waals surface area (Å²) in [6, 6.07) is 0. The first-order valence-corrected chi connectivity index (χ1v) is 7.49. The third kappa shape index (κ3) is 3.53. The standard InChI is InChI=1S/C12H18N2OS2/c1-8(2)6-17-7-11-13-10-3-4-15-5-9(10)12(16)14-11/h8H,3-7H2,1-2H3,(H,13,14,16). The fraction of sp³-hybridized carbons (Fsp3) is 0.667. The Morgan fingerprint density at radius 1 is 1.53 bits per heavy atom. The van der Waals surface area contributed by atoms with E-state index in [4.69, 9.17) is 17.0 Å². The summed E-state index contributed by atoms with van der Waals surface area (Å²) in [4.78, 5) is 7.84. The monoisotopic (exact) mass is 270 g/mol. The molecule has 1 N–H and O–H groups in total. The van der Waals surface area contributed by atoms with Crippen LogP contribution < -0.4 is 0 Å². The lowest BCUT2D eigenvalue weighted by Crippen LogP contribution is -2.14. The largest absolute Gasteiger partial charge is 0.376 e. The molecule has 0 saturated heterocycles. The number of aromatic nitrogens is 2. The van der Waals surface area contributed by atoms with E-state index in [0.717, 1.165) is 35.9 Å². The highest BCUT2D eigenvalue weighted by atomic mass is 32.2. The molecule has 1 aliphatic rings. The molecule has 0 amide bonds. The van der Waals surface area contributed by atoms with Crippen molar-refractivity contribution in [3.05, 3.63) is 21.7 Å². The van der Waals surface area contributed by atoms with Crippen molar-refractivity contribution in [2.45, 2.75) is 32.6 Å². The van der Waals surface area contributed by atoms with Crippen LogP contribution in [0, 0.1) is 10.6 Å². The van der Waals surface area contributed by atoms with Gasteiger partial charge in [-0.1, -0.05) is 26.1 Å². The summed E-state index contributed by atoms with van der Waals surface area (Å²) in [5, 5.41) is 0. The van der Waals surface area contributed by atoms with Crippen LogP contribution in [0.4, 0.5) is 0 Å². The predicted molar refractivity (Wildman–Crippen MR) is 73.8 cm³/mol. The minimum atomic E-state index is 0.608. The molecule has 94 valence electrons. The summed E-state index contributed by atoms with van der Waals surface area (Å²) in [5.41, 5.74) is 2.29. The number of aromatic amines is 1. The molecule has 2 heterocycles. The second-order valence-electron chi connectivity index (χ2n) is 4.66. The topological polar surface area (TPSA) is 37.9 Å².